The van der Waals surface area contributed by atoms with Crippen LogP contribution in [0.15, 0.2) is 41.8 Å². The highest BCUT2D eigenvalue weighted by molar-refractivity contribution is 7.09. The summed E-state index contributed by atoms with van der Waals surface area (Å²) >= 11 is 1.72. The van der Waals surface area contributed by atoms with Gasteiger partial charge in [-0.25, -0.2) is 4.98 Å². The molecule has 0 aliphatic rings. The van der Waals surface area contributed by atoms with Crippen molar-refractivity contribution in [3.05, 3.63) is 52.3 Å². The van der Waals surface area contributed by atoms with Crippen LogP contribution in [-0.2, 0) is 13.5 Å². The summed E-state index contributed by atoms with van der Waals surface area (Å²) in [5.74, 6) is 1.41. The van der Waals surface area contributed by atoms with E-state index in [9.17, 15) is 0 Å². The number of nitrogens with two attached hydrogens (primary N) is 1. The number of imidazole rings is 1. The number of hydrogen-bond donors (Lipinski definition) is 2. The number of rotatable bonds is 3. The van der Waals surface area contributed by atoms with Gasteiger partial charge in [0.05, 0.1) is 22.3 Å². The summed E-state index contributed by atoms with van der Waals surface area (Å²) in [5.41, 5.74) is 10.0. The summed E-state index contributed by atoms with van der Waals surface area (Å²) in [7, 11) is 1.86. The van der Waals surface area contributed by atoms with Crippen molar-refractivity contribution in [2.45, 2.75) is 6.42 Å². The Labute approximate surface area is 131 Å². The van der Waals surface area contributed by atoms with Gasteiger partial charge in [-0.1, -0.05) is 18.2 Å². The van der Waals surface area contributed by atoms with E-state index in [0.29, 0.717) is 5.82 Å². The van der Waals surface area contributed by atoms with Crippen LogP contribution in [0.5, 0.6) is 0 Å². The van der Waals surface area contributed by atoms with Gasteiger partial charge in [-0.2, -0.15) is 5.10 Å². The molecule has 0 saturated heterocycles. The fourth-order valence-electron chi connectivity index (χ4n) is 2.63. The van der Waals surface area contributed by atoms with Crippen LogP contribution >= 0.6 is 11.3 Å². The van der Waals surface area contributed by atoms with E-state index in [4.69, 9.17) is 5.73 Å². The molecule has 0 radical (unpaired) electrons. The highest BCUT2D eigenvalue weighted by Crippen LogP contribution is 2.30. The Morgan fingerprint density at radius 2 is 2.09 bits per heavy atom. The molecule has 0 aliphatic carbocycles. The Kier molecular flexibility index (Phi) is 2.97. The topological polar surface area (TPSA) is 72.5 Å². The largest absolute Gasteiger partial charge is 0.383 e. The Bertz CT molecular complexity index is 900. The summed E-state index contributed by atoms with van der Waals surface area (Å²) < 4.78 is 1.71. The Morgan fingerprint density at radius 1 is 1.23 bits per heavy atom. The molecule has 6 heteroatoms. The highest BCUT2D eigenvalue weighted by atomic mass is 32.1. The first-order valence-electron chi connectivity index (χ1n) is 7.01. The van der Waals surface area contributed by atoms with Crippen molar-refractivity contribution in [3.63, 3.8) is 0 Å². The predicted molar refractivity (Wildman–Crippen MR) is 89.8 cm³/mol. The SMILES string of the molecule is Cn1nc(Cc2cccs2)c(-c2nc3ccccc3[nH]2)c1N. The Morgan fingerprint density at radius 3 is 2.86 bits per heavy atom. The number of anilines is 1. The van der Waals surface area contributed by atoms with E-state index in [-0.39, 0.29) is 0 Å². The van der Waals surface area contributed by atoms with Gasteiger partial charge >= 0.3 is 0 Å². The highest BCUT2D eigenvalue weighted by Gasteiger charge is 2.19. The van der Waals surface area contributed by atoms with Gasteiger partial charge in [0.2, 0.25) is 0 Å². The predicted octanol–water partition coefficient (Wildman–Crippen LogP) is 3.20. The van der Waals surface area contributed by atoms with Crippen LogP contribution in [0, 0.1) is 0 Å². The number of nitrogen functional groups attached to an aromatic ring is 1. The van der Waals surface area contributed by atoms with Gasteiger partial charge in [-0.05, 0) is 23.6 Å². The molecule has 3 N–H and O–H groups in total. The third kappa shape index (κ3) is 2.08. The first-order chi connectivity index (χ1) is 10.7. The van der Waals surface area contributed by atoms with Crippen LogP contribution in [0.25, 0.3) is 22.4 Å². The van der Waals surface area contributed by atoms with E-state index in [0.717, 1.165) is 34.5 Å². The molecular formula is C16H15N5S. The molecule has 0 saturated carbocycles. The number of aryl methyl sites for hydroxylation is 1. The number of H-pyrrole nitrogens is 1. The van der Waals surface area contributed by atoms with E-state index in [2.05, 4.69) is 26.5 Å². The molecule has 0 spiro atoms. The molecule has 0 bridgehead atoms. The third-order valence-electron chi connectivity index (χ3n) is 3.71. The van der Waals surface area contributed by atoms with Crippen molar-refractivity contribution >= 4 is 28.2 Å². The van der Waals surface area contributed by atoms with E-state index in [1.165, 1.54) is 4.88 Å². The smallest absolute Gasteiger partial charge is 0.144 e. The Balaban J connectivity index is 1.86. The van der Waals surface area contributed by atoms with Gasteiger partial charge in [0, 0.05) is 18.3 Å². The first-order valence-corrected chi connectivity index (χ1v) is 7.89. The number of aromatic nitrogens is 4. The standard InChI is InChI=1S/C16H15N5S/c1-21-15(17)14(13(20-21)9-10-5-4-8-22-10)16-18-11-6-2-3-7-12(11)19-16/h2-8H,9,17H2,1H3,(H,18,19). The van der Waals surface area contributed by atoms with Crippen LogP contribution in [0.1, 0.15) is 10.6 Å². The number of nitrogens with zero attached hydrogens (tertiary/aromatic N) is 3. The molecule has 1 aromatic carbocycles. The van der Waals surface area contributed by atoms with Crippen molar-refractivity contribution in [1.82, 2.24) is 19.7 Å². The summed E-state index contributed by atoms with van der Waals surface area (Å²) in [6.07, 6.45) is 0.759. The van der Waals surface area contributed by atoms with E-state index in [1.807, 2.05) is 37.4 Å². The monoisotopic (exact) mass is 309 g/mol. The van der Waals surface area contributed by atoms with Gasteiger partial charge in [-0.3, -0.25) is 4.68 Å². The van der Waals surface area contributed by atoms with Crippen molar-refractivity contribution in [3.8, 4) is 11.4 Å². The van der Waals surface area contributed by atoms with Crippen molar-refractivity contribution in [2.24, 2.45) is 7.05 Å². The third-order valence-corrected chi connectivity index (χ3v) is 4.59. The number of thiophene rings is 1. The molecule has 3 heterocycles. The molecular weight excluding hydrogens is 294 g/mol. The molecule has 0 unspecified atom stereocenters. The summed E-state index contributed by atoms with van der Waals surface area (Å²) in [6, 6.07) is 12.1. The van der Waals surface area contributed by atoms with Crippen molar-refractivity contribution < 1.29 is 0 Å². The second-order valence-corrected chi connectivity index (χ2v) is 6.22. The lowest BCUT2D eigenvalue weighted by Crippen LogP contribution is -1.98. The molecule has 4 aromatic rings. The zero-order valence-electron chi connectivity index (χ0n) is 12.1. The molecule has 0 aliphatic heterocycles. The van der Waals surface area contributed by atoms with E-state index >= 15 is 0 Å². The second-order valence-electron chi connectivity index (χ2n) is 5.19. The lowest BCUT2D eigenvalue weighted by Gasteiger charge is -1.99. The van der Waals surface area contributed by atoms with Gasteiger partial charge in [0.15, 0.2) is 0 Å². The molecule has 110 valence electrons. The summed E-state index contributed by atoms with van der Waals surface area (Å²) in [5, 5.41) is 6.64. The zero-order chi connectivity index (χ0) is 15.1. The minimum absolute atomic E-state index is 0.630. The van der Waals surface area contributed by atoms with Gasteiger partial charge < -0.3 is 10.7 Å². The minimum Gasteiger partial charge on any atom is -0.383 e. The molecule has 22 heavy (non-hydrogen) atoms. The average Bonchev–Trinajstić information content (AvgIpc) is 3.20. The number of aromatic amines is 1. The van der Waals surface area contributed by atoms with Crippen LogP contribution in [0.4, 0.5) is 5.82 Å². The van der Waals surface area contributed by atoms with Crippen molar-refractivity contribution in [2.75, 3.05) is 5.73 Å². The van der Waals surface area contributed by atoms with Crippen LogP contribution in [0.3, 0.4) is 0 Å². The maximum atomic E-state index is 6.23. The molecule has 5 nitrogen and oxygen atoms in total. The maximum absolute atomic E-state index is 6.23. The zero-order valence-corrected chi connectivity index (χ0v) is 12.9. The van der Waals surface area contributed by atoms with Gasteiger partial charge in [0.1, 0.15) is 11.6 Å². The number of para-hydroxylation sites is 2. The lowest BCUT2D eigenvalue weighted by atomic mass is 10.1. The fourth-order valence-corrected chi connectivity index (χ4v) is 3.33. The quantitative estimate of drug-likeness (QED) is 0.610. The second kappa shape index (κ2) is 4.99. The first kappa shape index (κ1) is 13.1. The maximum Gasteiger partial charge on any atom is 0.144 e. The van der Waals surface area contributed by atoms with Crippen LogP contribution in [0.2, 0.25) is 0 Å². The molecule has 0 fully saturated rings. The Hall–Kier alpha value is -2.60. The minimum atomic E-state index is 0.630. The van der Waals surface area contributed by atoms with Gasteiger partial charge in [-0.15, -0.1) is 11.3 Å². The molecule has 0 atom stereocenters. The van der Waals surface area contributed by atoms with E-state index in [1.54, 1.807) is 16.0 Å². The molecule has 3 aromatic heterocycles. The number of fused-ring (bicyclic) bond motifs is 1. The normalized spacial score (nSPS) is 11.3. The number of nitrogens with one attached hydrogen (secondary N) is 1. The number of hydrogen-bond acceptors (Lipinski definition) is 4. The van der Waals surface area contributed by atoms with Crippen LogP contribution in [-0.4, -0.2) is 19.7 Å². The molecule has 0 amide bonds. The van der Waals surface area contributed by atoms with E-state index < -0.39 is 0 Å². The lowest BCUT2D eigenvalue weighted by molar-refractivity contribution is 0.760. The average molecular weight is 309 g/mol. The number of benzene rings is 1. The van der Waals surface area contributed by atoms with Crippen molar-refractivity contribution in [1.29, 1.82) is 0 Å². The molecule has 4 rings (SSSR count). The summed E-state index contributed by atoms with van der Waals surface area (Å²) in [4.78, 5) is 9.27. The van der Waals surface area contributed by atoms with Gasteiger partial charge in [0.25, 0.3) is 0 Å². The summed E-state index contributed by atoms with van der Waals surface area (Å²) in [6.45, 7) is 0. The van der Waals surface area contributed by atoms with Crippen LogP contribution < -0.4 is 5.73 Å². The fraction of sp³-hybridized carbons (Fsp3) is 0.125.